The van der Waals surface area contributed by atoms with Crippen LogP contribution in [0.4, 0.5) is 0 Å². The minimum Gasteiger partial charge on any atom is -0.473 e. The van der Waals surface area contributed by atoms with Gasteiger partial charge in [0.25, 0.3) is 0 Å². The summed E-state index contributed by atoms with van der Waals surface area (Å²) < 4.78 is 4.98. The Morgan fingerprint density at radius 2 is 2.00 bits per heavy atom. The molecule has 0 aliphatic carbocycles. The van der Waals surface area contributed by atoms with E-state index in [2.05, 4.69) is 13.0 Å². The number of allylic oxidation sites excluding steroid dienone is 4. The van der Waals surface area contributed by atoms with Crippen LogP contribution in [0.3, 0.4) is 0 Å². The average molecular weight is 166 g/mol. The lowest BCUT2D eigenvalue weighted by molar-refractivity contribution is 0.402. The summed E-state index contributed by atoms with van der Waals surface area (Å²) >= 11 is 0. The molecule has 0 saturated heterocycles. The zero-order chi connectivity index (χ0) is 9.07. The maximum absolute atomic E-state index is 4.98. The molecule has 68 valence electrons. The fraction of sp³-hybridized carbons (Fsp3) is 0.455. The van der Waals surface area contributed by atoms with Gasteiger partial charge in [0.15, 0.2) is 0 Å². The highest BCUT2D eigenvalue weighted by molar-refractivity contribution is 4.99. The molecule has 0 saturated carbocycles. The largest absolute Gasteiger partial charge is 0.473 e. The molecular formula is C11H18O. The molecular weight excluding hydrogens is 148 g/mol. The number of ether oxygens (including phenoxy) is 1. The van der Waals surface area contributed by atoms with Crippen molar-refractivity contribution in [3.8, 4) is 0 Å². The normalized spacial score (nSPS) is 12.2. The Balaban J connectivity index is 3.26. The van der Waals surface area contributed by atoms with E-state index in [1.165, 1.54) is 12.8 Å². The van der Waals surface area contributed by atoms with Gasteiger partial charge in [-0.3, -0.25) is 0 Å². The van der Waals surface area contributed by atoms with Gasteiger partial charge >= 0.3 is 0 Å². The molecule has 1 heteroatoms. The van der Waals surface area contributed by atoms with Gasteiger partial charge in [-0.25, -0.2) is 0 Å². The summed E-state index contributed by atoms with van der Waals surface area (Å²) in [5, 5.41) is 0. The molecule has 0 fully saturated rings. The number of unbranched alkanes of at least 4 members (excludes halogenated alkanes) is 2. The number of hydrogen-bond donors (Lipinski definition) is 0. The summed E-state index contributed by atoms with van der Waals surface area (Å²) in [7, 11) is 0. The van der Waals surface area contributed by atoms with Crippen molar-refractivity contribution in [3.05, 3.63) is 36.8 Å². The second-order valence-electron chi connectivity index (χ2n) is 2.50. The Kier molecular flexibility index (Phi) is 9.20. The molecule has 0 bridgehead atoms. The van der Waals surface area contributed by atoms with Gasteiger partial charge in [0.05, 0.1) is 12.5 Å². The Morgan fingerprint density at radius 3 is 2.67 bits per heavy atom. The minimum absolute atomic E-state index is 1.16. The maximum atomic E-state index is 4.98. The number of rotatable bonds is 6. The van der Waals surface area contributed by atoms with Crippen molar-refractivity contribution in [3.63, 3.8) is 0 Å². The van der Waals surface area contributed by atoms with Crippen LogP contribution in [0.2, 0.25) is 0 Å². The first kappa shape index (κ1) is 11.0. The Hall–Kier alpha value is -0.980. The van der Waals surface area contributed by atoms with E-state index in [1.54, 1.807) is 12.5 Å². The molecule has 0 radical (unpaired) electrons. The van der Waals surface area contributed by atoms with Gasteiger partial charge in [-0.05, 0) is 19.4 Å². The second kappa shape index (κ2) is 10.0. The maximum Gasteiger partial charge on any atom is 0.0901 e. The van der Waals surface area contributed by atoms with Crippen LogP contribution < -0.4 is 0 Å². The standard InChI is InChI=1S/C11H18O/c1-3-5-6-7-8-9-11-12-10-4-2/h4,7-11H,3,5-6H2,1-2H3. The third-order valence-corrected chi connectivity index (χ3v) is 1.34. The van der Waals surface area contributed by atoms with Gasteiger partial charge in [-0.1, -0.05) is 38.0 Å². The van der Waals surface area contributed by atoms with E-state index in [0.29, 0.717) is 0 Å². The van der Waals surface area contributed by atoms with E-state index in [-0.39, 0.29) is 0 Å². The minimum atomic E-state index is 1.16. The SMILES string of the molecule is CC=COC=CC=CCCCC. The summed E-state index contributed by atoms with van der Waals surface area (Å²) in [4.78, 5) is 0. The zero-order valence-corrected chi connectivity index (χ0v) is 7.99. The molecule has 0 aliphatic rings. The van der Waals surface area contributed by atoms with Crippen LogP contribution >= 0.6 is 0 Å². The van der Waals surface area contributed by atoms with Crippen LogP contribution in [-0.2, 0) is 4.74 Å². The summed E-state index contributed by atoms with van der Waals surface area (Å²) in [6, 6.07) is 0. The van der Waals surface area contributed by atoms with Crippen molar-refractivity contribution in [2.75, 3.05) is 0 Å². The van der Waals surface area contributed by atoms with Gasteiger partial charge in [0.2, 0.25) is 0 Å². The molecule has 0 aliphatic heterocycles. The highest BCUT2D eigenvalue weighted by Crippen LogP contribution is 1.94. The van der Waals surface area contributed by atoms with Crippen LogP contribution in [0.1, 0.15) is 33.1 Å². The van der Waals surface area contributed by atoms with E-state index in [4.69, 9.17) is 4.74 Å². The van der Waals surface area contributed by atoms with Crippen LogP contribution in [0, 0.1) is 0 Å². The highest BCUT2D eigenvalue weighted by Gasteiger charge is 1.75. The Morgan fingerprint density at radius 1 is 1.17 bits per heavy atom. The predicted molar refractivity (Wildman–Crippen MR) is 53.7 cm³/mol. The Bertz CT molecular complexity index is 154. The molecule has 0 unspecified atom stereocenters. The summed E-state index contributed by atoms with van der Waals surface area (Å²) in [5.41, 5.74) is 0. The molecule has 0 aromatic heterocycles. The molecule has 0 N–H and O–H groups in total. The Labute approximate surface area is 75.4 Å². The van der Waals surface area contributed by atoms with E-state index in [1.807, 2.05) is 25.2 Å². The lowest BCUT2D eigenvalue weighted by Crippen LogP contribution is -1.66. The second-order valence-corrected chi connectivity index (χ2v) is 2.50. The first-order valence-electron chi connectivity index (χ1n) is 4.50. The fourth-order valence-electron chi connectivity index (χ4n) is 0.711. The molecule has 0 spiro atoms. The van der Waals surface area contributed by atoms with Gasteiger partial charge in [-0.2, -0.15) is 0 Å². The van der Waals surface area contributed by atoms with Crippen molar-refractivity contribution in [1.29, 1.82) is 0 Å². The smallest absolute Gasteiger partial charge is 0.0901 e. The summed E-state index contributed by atoms with van der Waals surface area (Å²) in [6.45, 7) is 4.11. The summed E-state index contributed by atoms with van der Waals surface area (Å²) in [5.74, 6) is 0. The van der Waals surface area contributed by atoms with E-state index in [9.17, 15) is 0 Å². The fourth-order valence-corrected chi connectivity index (χ4v) is 0.711. The lowest BCUT2D eigenvalue weighted by Gasteiger charge is -1.86. The topological polar surface area (TPSA) is 9.23 Å². The van der Waals surface area contributed by atoms with E-state index < -0.39 is 0 Å². The van der Waals surface area contributed by atoms with Gasteiger partial charge in [-0.15, -0.1) is 0 Å². The van der Waals surface area contributed by atoms with E-state index in [0.717, 1.165) is 6.42 Å². The summed E-state index contributed by atoms with van der Waals surface area (Å²) in [6.07, 6.45) is 14.9. The third kappa shape index (κ3) is 9.02. The highest BCUT2D eigenvalue weighted by atomic mass is 16.5. The average Bonchev–Trinajstić information content (AvgIpc) is 2.10. The van der Waals surface area contributed by atoms with Crippen molar-refractivity contribution >= 4 is 0 Å². The lowest BCUT2D eigenvalue weighted by atomic mass is 10.2. The van der Waals surface area contributed by atoms with Gasteiger partial charge < -0.3 is 4.74 Å². The molecule has 0 aromatic rings. The quantitative estimate of drug-likeness (QED) is 0.331. The van der Waals surface area contributed by atoms with E-state index >= 15 is 0 Å². The molecule has 0 amide bonds. The first-order chi connectivity index (χ1) is 5.91. The zero-order valence-electron chi connectivity index (χ0n) is 7.99. The monoisotopic (exact) mass is 166 g/mol. The van der Waals surface area contributed by atoms with Crippen molar-refractivity contribution in [2.45, 2.75) is 33.1 Å². The first-order valence-corrected chi connectivity index (χ1v) is 4.50. The van der Waals surface area contributed by atoms with Gasteiger partial charge in [0, 0.05) is 0 Å². The predicted octanol–water partition coefficient (Wildman–Crippen LogP) is 3.80. The van der Waals surface area contributed by atoms with Crippen molar-refractivity contribution in [1.82, 2.24) is 0 Å². The van der Waals surface area contributed by atoms with Crippen LogP contribution in [0.5, 0.6) is 0 Å². The van der Waals surface area contributed by atoms with Crippen LogP contribution in [0.15, 0.2) is 36.8 Å². The number of hydrogen-bond acceptors (Lipinski definition) is 1. The molecule has 12 heavy (non-hydrogen) atoms. The molecule has 0 heterocycles. The van der Waals surface area contributed by atoms with Crippen LogP contribution in [-0.4, -0.2) is 0 Å². The van der Waals surface area contributed by atoms with Gasteiger partial charge in [0.1, 0.15) is 0 Å². The molecule has 0 atom stereocenters. The third-order valence-electron chi connectivity index (χ3n) is 1.34. The van der Waals surface area contributed by atoms with Crippen LogP contribution in [0.25, 0.3) is 0 Å². The van der Waals surface area contributed by atoms with Crippen molar-refractivity contribution < 1.29 is 4.74 Å². The molecule has 0 rings (SSSR count). The molecule has 1 nitrogen and oxygen atoms in total. The molecule has 0 aromatic carbocycles. The van der Waals surface area contributed by atoms with Crippen molar-refractivity contribution in [2.24, 2.45) is 0 Å².